The lowest BCUT2D eigenvalue weighted by Crippen LogP contribution is -2.61. The first-order chi connectivity index (χ1) is 10.9. The van der Waals surface area contributed by atoms with Crippen molar-refractivity contribution in [2.75, 3.05) is 20.5 Å². The van der Waals surface area contributed by atoms with E-state index in [-0.39, 0.29) is 18.2 Å². The monoisotopic (exact) mass is 345 g/mol. The summed E-state index contributed by atoms with van der Waals surface area (Å²) in [5.74, 6) is -2.35. The number of thioether (sulfide) groups is 1. The van der Waals surface area contributed by atoms with Gasteiger partial charge in [-0.15, -0.1) is 0 Å². The fourth-order valence-corrected chi connectivity index (χ4v) is 3.44. The molecule has 0 saturated carbocycles. The van der Waals surface area contributed by atoms with Crippen molar-refractivity contribution >= 4 is 35.6 Å². The van der Waals surface area contributed by atoms with Crippen LogP contribution < -0.4 is 0 Å². The molecule has 0 aliphatic carbocycles. The summed E-state index contributed by atoms with van der Waals surface area (Å²) in [5.41, 5.74) is -0.0216. The molecule has 0 spiro atoms. The van der Waals surface area contributed by atoms with Crippen molar-refractivity contribution in [3.05, 3.63) is 10.6 Å². The second kappa shape index (κ2) is 7.01. The van der Waals surface area contributed by atoms with Gasteiger partial charge in [0.25, 0.3) is 5.91 Å². The average Bonchev–Trinajstić information content (AvgIpc) is 2.80. The lowest BCUT2D eigenvalue weighted by molar-refractivity contribution is -0.170. The Balaban J connectivity index is 2.12. The molecule has 0 N–H and O–H groups in total. The number of ether oxygens (including phenoxy) is 4. The van der Waals surface area contributed by atoms with Crippen molar-refractivity contribution in [3.63, 3.8) is 0 Å². The largest absolute Gasteiger partial charge is 0.460 e. The van der Waals surface area contributed by atoms with Crippen LogP contribution in [0, 0.1) is 0 Å². The molecule has 126 valence electrons. The minimum Gasteiger partial charge on any atom is -0.460 e. The molecule has 1 fully saturated rings. The second-order valence-corrected chi connectivity index (χ2v) is 5.82. The average molecular weight is 345 g/mol. The van der Waals surface area contributed by atoms with Crippen LogP contribution in [0.1, 0.15) is 13.8 Å². The molecule has 0 unspecified atom stereocenters. The van der Waals surface area contributed by atoms with Crippen LogP contribution in [0.3, 0.4) is 0 Å². The molecule has 0 bridgehead atoms. The Kier molecular flexibility index (Phi) is 5.26. The van der Waals surface area contributed by atoms with Crippen LogP contribution in [-0.4, -0.2) is 60.7 Å². The summed E-state index contributed by atoms with van der Waals surface area (Å²) in [4.78, 5) is 47.4. The predicted octanol–water partition coefficient (Wildman–Crippen LogP) is -0.245. The van der Waals surface area contributed by atoms with Crippen LogP contribution in [0.4, 0.5) is 0 Å². The van der Waals surface area contributed by atoms with Gasteiger partial charge in [0, 0.05) is 21.0 Å². The topological polar surface area (TPSA) is 108 Å². The Bertz CT molecular complexity index is 587. The van der Waals surface area contributed by atoms with Gasteiger partial charge in [0.2, 0.25) is 6.79 Å². The smallest absolute Gasteiger partial charge is 0.358 e. The molecular weight excluding hydrogens is 330 g/mol. The van der Waals surface area contributed by atoms with E-state index >= 15 is 0 Å². The third-order valence-corrected chi connectivity index (χ3v) is 4.36. The standard InChI is InChI=1S/C13H15NO8S/c1-6(15)20-4-8-9(13(18)22-5-21-7(2)16)14-11(17)10(19-3)12(14)23-8/h10,12H,4-5H2,1-3H3/t10-,12+/m0/s1. The van der Waals surface area contributed by atoms with Crippen LogP contribution in [-0.2, 0) is 38.1 Å². The first-order valence-corrected chi connectivity index (χ1v) is 7.44. The van der Waals surface area contributed by atoms with Gasteiger partial charge in [-0.2, -0.15) is 0 Å². The van der Waals surface area contributed by atoms with Crippen LogP contribution >= 0.6 is 11.8 Å². The zero-order chi connectivity index (χ0) is 17.1. The summed E-state index contributed by atoms with van der Waals surface area (Å²) in [6.45, 7) is 1.68. The maximum absolute atomic E-state index is 12.2. The van der Waals surface area contributed by atoms with E-state index in [0.717, 1.165) is 0 Å². The Morgan fingerprint density at radius 2 is 1.78 bits per heavy atom. The Morgan fingerprint density at radius 3 is 2.35 bits per heavy atom. The van der Waals surface area contributed by atoms with Gasteiger partial charge in [-0.1, -0.05) is 11.8 Å². The van der Waals surface area contributed by atoms with E-state index in [4.69, 9.17) is 14.2 Å². The fourth-order valence-electron chi connectivity index (χ4n) is 2.06. The third kappa shape index (κ3) is 3.48. The number of carbonyl (C=O) groups is 4. The molecule has 2 rings (SSSR count). The minimum absolute atomic E-state index is 0.0216. The van der Waals surface area contributed by atoms with Crippen molar-refractivity contribution in [1.29, 1.82) is 0 Å². The van der Waals surface area contributed by atoms with Crippen LogP contribution in [0.5, 0.6) is 0 Å². The molecule has 2 aliphatic heterocycles. The summed E-state index contributed by atoms with van der Waals surface area (Å²) in [6.07, 6.45) is -0.675. The first-order valence-electron chi connectivity index (χ1n) is 6.56. The van der Waals surface area contributed by atoms with Gasteiger partial charge in [0.1, 0.15) is 17.7 Å². The Labute approximate surface area is 135 Å². The van der Waals surface area contributed by atoms with Crippen LogP contribution in [0.2, 0.25) is 0 Å². The maximum Gasteiger partial charge on any atom is 0.358 e. The molecule has 0 radical (unpaired) electrons. The number of hydrogen-bond donors (Lipinski definition) is 0. The number of amides is 1. The predicted molar refractivity (Wildman–Crippen MR) is 75.4 cm³/mol. The van der Waals surface area contributed by atoms with E-state index in [1.54, 1.807) is 0 Å². The van der Waals surface area contributed by atoms with Crippen LogP contribution in [0.25, 0.3) is 0 Å². The molecule has 10 heteroatoms. The van der Waals surface area contributed by atoms with Crippen LogP contribution in [0.15, 0.2) is 10.6 Å². The SMILES string of the molecule is CO[C@H]1C(=O)N2C(C(=O)OCOC(C)=O)=C(COC(C)=O)S[C@H]12. The van der Waals surface area contributed by atoms with Gasteiger partial charge in [0.05, 0.1) is 4.91 Å². The highest BCUT2D eigenvalue weighted by atomic mass is 32.2. The highest BCUT2D eigenvalue weighted by Crippen LogP contribution is 2.47. The second-order valence-electron chi connectivity index (χ2n) is 4.61. The van der Waals surface area contributed by atoms with E-state index in [1.807, 2.05) is 0 Å². The van der Waals surface area contributed by atoms with Gasteiger partial charge in [-0.3, -0.25) is 19.3 Å². The molecule has 2 aliphatic rings. The van der Waals surface area contributed by atoms with E-state index in [9.17, 15) is 19.2 Å². The Hall–Kier alpha value is -2.07. The summed E-state index contributed by atoms with van der Waals surface area (Å²) in [6, 6.07) is 0. The van der Waals surface area contributed by atoms with Gasteiger partial charge in [-0.25, -0.2) is 4.79 Å². The van der Waals surface area contributed by atoms with Crippen molar-refractivity contribution in [3.8, 4) is 0 Å². The molecule has 1 saturated heterocycles. The van der Waals surface area contributed by atoms with Crippen molar-refractivity contribution in [2.45, 2.75) is 25.3 Å². The summed E-state index contributed by atoms with van der Waals surface area (Å²) in [7, 11) is 1.39. The van der Waals surface area contributed by atoms with Crippen molar-refractivity contribution in [2.24, 2.45) is 0 Å². The number of β-lactam (4-membered cyclic amide) rings is 1. The molecule has 1 amide bonds. The zero-order valence-electron chi connectivity index (χ0n) is 12.7. The number of rotatable bonds is 6. The fraction of sp³-hybridized carbons (Fsp3) is 0.538. The normalized spacial score (nSPS) is 22.4. The molecule has 2 atom stereocenters. The molecule has 0 aromatic carbocycles. The van der Waals surface area contributed by atoms with E-state index in [0.29, 0.717) is 4.91 Å². The minimum atomic E-state index is -0.841. The highest BCUT2D eigenvalue weighted by molar-refractivity contribution is 8.04. The zero-order valence-corrected chi connectivity index (χ0v) is 13.5. The molecule has 23 heavy (non-hydrogen) atoms. The lowest BCUT2D eigenvalue weighted by atomic mass is 10.1. The summed E-state index contributed by atoms with van der Waals surface area (Å²) in [5, 5.41) is -0.408. The highest BCUT2D eigenvalue weighted by Gasteiger charge is 2.57. The molecule has 0 aromatic rings. The lowest BCUT2D eigenvalue weighted by Gasteiger charge is -2.41. The third-order valence-electron chi connectivity index (χ3n) is 3.07. The molecule has 0 aromatic heterocycles. The molecular formula is C13H15NO8S. The number of hydrogen-bond acceptors (Lipinski definition) is 9. The number of nitrogens with zero attached hydrogens (tertiary/aromatic N) is 1. The number of fused-ring (bicyclic) bond motifs is 1. The van der Waals surface area contributed by atoms with Crippen molar-refractivity contribution < 1.29 is 38.1 Å². The van der Waals surface area contributed by atoms with Gasteiger partial charge >= 0.3 is 17.9 Å². The van der Waals surface area contributed by atoms with Crippen molar-refractivity contribution in [1.82, 2.24) is 4.90 Å². The van der Waals surface area contributed by atoms with Gasteiger partial charge in [0.15, 0.2) is 6.10 Å². The summed E-state index contributed by atoms with van der Waals surface area (Å²) >= 11 is 1.19. The quantitative estimate of drug-likeness (QED) is 0.366. The molecule has 2 heterocycles. The number of methoxy groups -OCH3 is 1. The summed E-state index contributed by atoms with van der Waals surface area (Å²) < 4.78 is 19.3. The van der Waals surface area contributed by atoms with E-state index in [2.05, 4.69) is 4.74 Å². The van der Waals surface area contributed by atoms with Gasteiger partial charge < -0.3 is 18.9 Å². The Morgan fingerprint density at radius 1 is 1.13 bits per heavy atom. The molecule has 9 nitrogen and oxygen atoms in total. The maximum atomic E-state index is 12.2. The van der Waals surface area contributed by atoms with Gasteiger partial charge in [-0.05, 0) is 0 Å². The number of carbonyl (C=O) groups excluding carboxylic acids is 4. The van der Waals surface area contributed by atoms with E-state index in [1.165, 1.54) is 37.6 Å². The first kappa shape index (κ1) is 17.3. The van der Waals surface area contributed by atoms with E-state index < -0.39 is 36.2 Å². The number of esters is 3.